The molecule has 0 N–H and O–H groups in total. The van der Waals surface area contributed by atoms with E-state index >= 15 is 0 Å². The Kier molecular flexibility index (Phi) is 11.3. The predicted molar refractivity (Wildman–Crippen MR) is 98.5 cm³/mol. The van der Waals surface area contributed by atoms with Crippen LogP contribution in [-0.4, -0.2) is 50.3 Å². The van der Waals surface area contributed by atoms with Crippen molar-refractivity contribution in [3.63, 3.8) is 0 Å². The molecule has 0 fully saturated rings. The van der Waals surface area contributed by atoms with Gasteiger partial charge in [0.25, 0.3) is 0 Å². The summed E-state index contributed by atoms with van der Waals surface area (Å²) in [5, 5.41) is 0. The Morgan fingerprint density at radius 2 is 1.84 bits per heavy atom. The zero-order chi connectivity index (χ0) is 18.2. The van der Waals surface area contributed by atoms with Crippen LogP contribution in [0, 0.1) is 6.92 Å². The molecule has 0 aromatic heterocycles. The second-order valence-corrected chi connectivity index (χ2v) is 7.03. The molecule has 0 aliphatic carbocycles. The summed E-state index contributed by atoms with van der Waals surface area (Å²) >= 11 is 0. The molecule has 1 rings (SSSR count). The van der Waals surface area contributed by atoms with Gasteiger partial charge < -0.3 is 37.9 Å². The van der Waals surface area contributed by atoms with Crippen LogP contribution in [-0.2, 0) is 9.53 Å². The van der Waals surface area contributed by atoms with Gasteiger partial charge in [-0.05, 0) is 43.9 Å². The number of halogens is 1. The van der Waals surface area contributed by atoms with Crippen molar-refractivity contribution >= 4 is 5.97 Å². The van der Waals surface area contributed by atoms with Crippen LogP contribution < -0.4 is 28.7 Å². The molecule has 5 heteroatoms. The van der Waals surface area contributed by atoms with Crippen LogP contribution in [0.4, 0.5) is 0 Å². The number of ether oxygens (including phenoxy) is 2. The third-order valence-corrected chi connectivity index (χ3v) is 4.77. The first kappa shape index (κ1) is 24.2. The van der Waals surface area contributed by atoms with Gasteiger partial charge in [-0.15, -0.1) is 0 Å². The summed E-state index contributed by atoms with van der Waals surface area (Å²) in [6, 6.07) is 6.11. The van der Waals surface area contributed by atoms with Gasteiger partial charge in [0.15, 0.2) is 6.61 Å². The molecule has 1 aromatic rings. The molecule has 0 saturated heterocycles. The van der Waals surface area contributed by atoms with Gasteiger partial charge in [0.1, 0.15) is 5.75 Å². The van der Waals surface area contributed by atoms with Gasteiger partial charge in [0.05, 0.1) is 33.3 Å². The molecule has 0 spiro atoms. The number of hydrogen-bond acceptors (Lipinski definition) is 3. The van der Waals surface area contributed by atoms with Gasteiger partial charge in [-0.25, -0.2) is 4.79 Å². The largest absolute Gasteiger partial charge is 1.00 e. The Balaban J connectivity index is 0.00000576. The normalized spacial score (nSPS) is 11.2. The van der Waals surface area contributed by atoms with Gasteiger partial charge in [-0.3, -0.25) is 0 Å². The lowest BCUT2D eigenvalue weighted by atomic mass is 10.0. The molecule has 0 radical (unpaired) electrons. The maximum absolute atomic E-state index is 11.9. The van der Waals surface area contributed by atoms with E-state index in [9.17, 15) is 4.79 Å². The summed E-state index contributed by atoms with van der Waals surface area (Å²) in [6.07, 6.45) is 0.881. The maximum Gasteiger partial charge on any atom is 0.344 e. The number of hydrogen-bond donors (Lipinski definition) is 0. The van der Waals surface area contributed by atoms with Gasteiger partial charge in [0.2, 0.25) is 0 Å². The molecule has 25 heavy (non-hydrogen) atoms. The monoisotopic (exact) mass is 463 g/mol. The third kappa shape index (κ3) is 8.40. The average molecular weight is 463 g/mol. The first-order chi connectivity index (χ1) is 11.3. The fourth-order valence-corrected chi connectivity index (χ4v) is 2.59. The molecule has 4 nitrogen and oxygen atoms in total. The Bertz CT molecular complexity index is 528. The summed E-state index contributed by atoms with van der Waals surface area (Å²) in [7, 11) is 2.23. The quantitative estimate of drug-likeness (QED) is 0.224. The van der Waals surface area contributed by atoms with Crippen molar-refractivity contribution in [1.29, 1.82) is 0 Å². The highest BCUT2D eigenvalue weighted by molar-refractivity contribution is 5.71. The molecule has 0 atom stereocenters. The zero-order valence-electron chi connectivity index (χ0n) is 16.6. The highest BCUT2D eigenvalue weighted by Crippen LogP contribution is 2.27. The molecule has 0 saturated carbocycles. The van der Waals surface area contributed by atoms with E-state index in [4.69, 9.17) is 9.47 Å². The molecule has 0 amide bonds. The standard InChI is InChI=1S/C20H34NO3.HI/c1-7-21(6,8-2)12-9-13-23-20(22)15-24-19-14-17(5)10-11-18(19)16(3)4;/h10-11,14,16H,7-9,12-13,15H2,1-6H3;1H/q+1;/p-1. The number of carbonyl (C=O) groups is 1. The van der Waals surface area contributed by atoms with Crippen LogP contribution in [0.3, 0.4) is 0 Å². The van der Waals surface area contributed by atoms with Gasteiger partial charge in [-0.2, -0.15) is 0 Å². The van der Waals surface area contributed by atoms with Crippen molar-refractivity contribution in [3.05, 3.63) is 29.3 Å². The number of benzene rings is 1. The maximum atomic E-state index is 11.9. The Hall–Kier alpha value is -0.820. The highest BCUT2D eigenvalue weighted by Gasteiger charge is 2.16. The van der Waals surface area contributed by atoms with Crippen molar-refractivity contribution in [3.8, 4) is 5.75 Å². The molecular weight excluding hydrogens is 429 g/mol. The van der Waals surface area contributed by atoms with Crippen molar-refractivity contribution in [1.82, 2.24) is 0 Å². The summed E-state index contributed by atoms with van der Waals surface area (Å²) < 4.78 is 12.0. The Labute approximate surface area is 170 Å². The third-order valence-electron chi connectivity index (χ3n) is 4.77. The van der Waals surface area contributed by atoms with E-state index in [1.54, 1.807) is 0 Å². The van der Waals surface area contributed by atoms with E-state index in [0.29, 0.717) is 12.5 Å². The fourth-order valence-electron chi connectivity index (χ4n) is 2.59. The second-order valence-electron chi connectivity index (χ2n) is 7.03. The van der Waals surface area contributed by atoms with Crippen LogP contribution in [0.1, 0.15) is 51.2 Å². The SMILES string of the molecule is CC[N+](C)(CC)CCCOC(=O)COc1cc(C)ccc1C(C)C.[I-]. The lowest BCUT2D eigenvalue weighted by Gasteiger charge is -2.31. The van der Waals surface area contributed by atoms with Crippen molar-refractivity contribution < 1.29 is 42.7 Å². The number of rotatable bonds is 10. The molecule has 0 unspecified atom stereocenters. The molecule has 0 heterocycles. The molecular formula is C20H34INO3. The lowest BCUT2D eigenvalue weighted by Crippen LogP contribution is -3.00. The van der Waals surface area contributed by atoms with E-state index in [1.165, 1.54) is 0 Å². The van der Waals surface area contributed by atoms with Gasteiger partial charge in [-0.1, -0.05) is 26.0 Å². The molecule has 0 aliphatic rings. The van der Waals surface area contributed by atoms with Gasteiger partial charge in [0, 0.05) is 6.42 Å². The average Bonchev–Trinajstić information content (AvgIpc) is 2.56. The van der Waals surface area contributed by atoms with E-state index < -0.39 is 0 Å². The molecule has 0 aliphatic heterocycles. The van der Waals surface area contributed by atoms with Crippen LogP contribution in [0.15, 0.2) is 18.2 Å². The van der Waals surface area contributed by atoms with Crippen LogP contribution in [0.25, 0.3) is 0 Å². The van der Waals surface area contributed by atoms with Crippen molar-refractivity contribution in [2.75, 3.05) is 39.9 Å². The minimum absolute atomic E-state index is 0. The molecule has 0 bridgehead atoms. The first-order valence-corrected chi connectivity index (χ1v) is 9.03. The Morgan fingerprint density at radius 1 is 1.20 bits per heavy atom. The minimum atomic E-state index is -0.298. The second kappa shape index (κ2) is 11.7. The summed E-state index contributed by atoms with van der Waals surface area (Å²) in [5.74, 6) is 0.840. The van der Waals surface area contributed by atoms with Crippen LogP contribution >= 0.6 is 0 Å². The lowest BCUT2D eigenvalue weighted by molar-refractivity contribution is -0.906. The fraction of sp³-hybridized carbons (Fsp3) is 0.650. The zero-order valence-corrected chi connectivity index (χ0v) is 18.8. The van der Waals surface area contributed by atoms with E-state index in [-0.39, 0.29) is 36.6 Å². The number of quaternary nitrogens is 1. The first-order valence-electron chi connectivity index (χ1n) is 9.03. The number of aryl methyl sites for hydroxylation is 1. The molecule has 1 aromatic carbocycles. The topological polar surface area (TPSA) is 35.5 Å². The van der Waals surface area contributed by atoms with E-state index in [2.05, 4.69) is 46.9 Å². The van der Waals surface area contributed by atoms with E-state index in [1.807, 2.05) is 13.0 Å². The molecule has 144 valence electrons. The highest BCUT2D eigenvalue weighted by atomic mass is 127. The van der Waals surface area contributed by atoms with Crippen LogP contribution in [0.2, 0.25) is 0 Å². The summed E-state index contributed by atoms with van der Waals surface area (Å²) in [4.78, 5) is 11.9. The minimum Gasteiger partial charge on any atom is -1.00 e. The number of esters is 1. The number of carbonyl (C=O) groups excluding carboxylic acids is 1. The Morgan fingerprint density at radius 3 is 2.40 bits per heavy atom. The van der Waals surface area contributed by atoms with Gasteiger partial charge >= 0.3 is 5.97 Å². The van der Waals surface area contributed by atoms with Crippen molar-refractivity contribution in [2.45, 2.75) is 47.0 Å². The summed E-state index contributed by atoms with van der Waals surface area (Å²) in [6.45, 7) is 14.3. The van der Waals surface area contributed by atoms with Crippen LogP contribution in [0.5, 0.6) is 5.75 Å². The van der Waals surface area contributed by atoms with Crippen molar-refractivity contribution in [2.24, 2.45) is 0 Å². The smallest absolute Gasteiger partial charge is 0.344 e. The summed E-state index contributed by atoms with van der Waals surface area (Å²) in [5.41, 5.74) is 2.24. The number of nitrogens with zero attached hydrogens (tertiary/aromatic N) is 1. The van der Waals surface area contributed by atoms with E-state index in [0.717, 1.165) is 47.4 Å². The predicted octanol–water partition coefficient (Wildman–Crippen LogP) is 0.921.